The highest BCUT2D eigenvalue weighted by Gasteiger charge is 2.49. The molecule has 4 heterocycles. The Bertz CT molecular complexity index is 1640. The molecule has 2 aromatic heterocycles. The molecule has 4 aliphatic rings. The topological polar surface area (TPSA) is 151 Å². The second-order valence-corrected chi connectivity index (χ2v) is 11.9. The third-order valence-electron chi connectivity index (χ3n) is 8.60. The number of anilines is 4. The molecule has 4 fully saturated rings. The van der Waals surface area contributed by atoms with Gasteiger partial charge in [-0.05, 0) is 38.3 Å². The van der Waals surface area contributed by atoms with E-state index in [2.05, 4.69) is 47.6 Å². The van der Waals surface area contributed by atoms with Crippen molar-refractivity contribution in [1.29, 1.82) is 10.5 Å². The van der Waals surface area contributed by atoms with Crippen molar-refractivity contribution in [1.82, 2.24) is 29.4 Å². The van der Waals surface area contributed by atoms with Crippen molar-refractivity contribution in [2.24, 2.45) is 5.92 Å². The summed E-state index contributed by atoms with van der Waals surface area (Å²) in [7, 11) is 0. The minimum absolute atomic E-state index is 0.0387. The number of halogens is 1. The second kappa shape index (κ2) is 11.2. The zero-order valence-corrected chi connectivity index (χ0v) is 24.6. The van der Waals surface area contributed by atoms with Gasteiger partial charge in [0, 0.05) is 58.0 Å². The van der Waals surface area contributed by atoms with Gasteiger partial charge in [-0.1, -0.05) is 11.6 Å². The highest BCUT2D eigenvalue weighted by atomic mass is 35.5. The van der Waals surface area contributed by atoms with Crippen LogP contribution in [0.2, 0.25) is 5.02 Å². The number of piperazine rings is 1. The van der Waals surface area contributed by atoms with Crippen molar-refractivity contribution >= 4 is 46.3 Å². The summed E-state index contributed by atoms with van der Waals surface area (Å²) in [6.45, 7) is 7.29. The standard InChI is InChI=1S/C29H32ClN11O2/c1-2-43-24-11-21(24)28(42)40-15-20(16-40)38-5-7-39(8-6-38)23-10-17(12-31)9-22(25(23)30)35-29-36-26(34-18-3-4-18)27-33-14-19(13-32)41(27)37-29/h9-10,14,18,20-21,24H,2-8,11,15-16H2,1H3,(H2,34,35,36,37). The number of aromatic nitrogens is 4. The Balaban J connectivity index is 1.04. The molecular weight excluding hydrogens is 570 g/mol. The molecular formula is C29H32ClN11O2. The van der Waals surface area contributed by atoms with E-state index < -0.39 is 0 Å². The highest BCUT2D eigenvalue weighted by molar-refractivity contribution is 6.36. The first-order chi connectivity index (χ1) is 20.9. The molecule has 2 N–H and O–H groups in total. The van der Waals surface area contributed by atoms with Crippen molar-refractivity contribution in [2.75, 3.05) is 61.4 Å². The van der Waals surface area contributed by atoms with Crippen LogP contribution in [0.4, 0.5) is 23.1 Å². The average molecular weight is 602 g/mol. The van der Waals surface area contributed by atoms with Crippen LogP contribution in [0.25, 0.3) is 5.65 Å². The highest BCUT2D eigenvalue weighted by Crippen LogP contribution is 2.38. The summed E-state index contributed by atoms with van der Waals surface area (Å²) in [5.41, 5.74) is 2.50. The maximum Gasteiger partial charge on any atom is 0.247 e. The lowest BCUT2D eigenvalue weighted by atomic mass is 10.0. The fourth-order valence-electron chi connectivity index (χ4n) is 5.90. The number of nitriles is 2. The Morgan fingerprint density at radius 2 is 1.95 bits per heavy atom. The summed E-state index contributed by atoms with van der Waals surface area (Å²) in [5, 5.41) is 30.9. The monoisotopic (exact) mass is 601 g/mol. The summed E-state index contributed by atoms with van der Waals surface area (Å²) < 4.78 is 7.05. The summed E-state index contributed by atoms with van der Waals surface area (Å²) in [5.74, 6) is 1.04. The predicted molar refractivity (Wildman–Crippen MR) is 159 cm³/mol. The number of fused-ring (bicyclic) bond motifs is 1. The normalized spacial score (nSPS) is 22.1. The molecule has 2 atom stereocenters. The van der Waals surface area contributed by atoms with Crippen molar-refractivity contribution in [3.05, 3.63) is 34.6 Å². The molecule has 2 saturated heterocycles. The number of nitrogens with zero attached hydrogens (tertiary/aromatic N) is 9. The third-order valence-corrected chi connectivity index (χ3v) is 9.00. The van der Waals surface area contributed by atoms with E-state index in [1.165, 1.54) is 10.7 Å². The first-order valence-electron chi connectivity index (χ1n) is 14.8. The van der Waals surface area contributed by atoms with Crippen molar-refractivity contribution < 1.29 is 9.53 Å². The number of nitrogens with one attached hydrogen (secondary N) is 2. The maximum atomic E-state index is 12.7. The lowest BCUT2D eigenvalue weighted by Gasteiger charge is -2.48. The molecule has 14 heteroatoms. The summed E-state index contributed by atoms with van der Waals surface area (Å²) in [6.07, 6.45) is 4.51. The first kappa shape index (κ1) is 27.7. The molecule has 13 nitrogen and oxygen atoms in total. The van der Waals surface area contributed by atoms with Gasteiger partial charge in [0.05, 0.1) is 46.2 Å². The SMILES string of the molecule is CCOC1CC1C(=O)N1CC(N2CCN(c3cc(C#N)cc(Nc4nc(NC5CC5)c5ncc(C#N)n5n4)c3Cl)CC2)C1. The molecule has 3 aromatic rings. The molecule has 1 amide bonds. The van der Waals surface area contributed by atoms with Gasteiger partial charge < -0.3 is 25.2 Å². The number of carbonyl (C=O) groups is 1. The number of rotatable bonds is 9. The van der Waals surface area contributed by atoms with Crippen molar-refractivity contribution in [3.8, 4) is 12.1 Å². The number of amides is 1. The van der Waals surface area contributed by atoms with Gasteiger partial charge in [0.15, 0.2) is 17.2 Å². The molecule has 2 unspecified atom stereocenters. The van der Waals surface area contributed by atoms with E-state index in [-0.39, 0.29) is 29.6 Å². The quantitative estimate of drug-likeness (QED) is 0.372. The number of benzene rings is 1. The fourth-order valence-corrected chi connectivity index (χ4v) is 6.18. The zero-order chi connectivity index (χ0) is 29.7. The third kappa shape index (κ3) is 5.40. The molecule has 222 valence electrons. The molecule has 7 rings (SSSR count). The van der Waals surface area contributed by atoms with Gasteiger partial charge in [0.2, 0.25) is 11.9 Å². The van der Waals surface area contributed by atoms with E-state index in [1.807, 2.05) is 17.9 Å². The van der Waals surface area contributed by atoms with E-state index >= 15 is 0 Å². The van der Waals surface area contributed by atoms with Crippen LogP contribution in [-0.2, 0) is 9.53 Å². The second-order valence-electron chi connectivity index (χ2n) is 11.5. The number of imidazole rings is 1. The fraction of sp³-hybridized carbons (Fsp3) is 0.517. The molecule has 2 aliphatic heterocycles. The van der Waals surface area contributed by atoms with E-state index in [1.54, 1.807) is 6.07 Å². The molecule has 43 heavy (non-hydrogen) atoms. The van der Waals surface area contributed by atoms with E-state index in [0.29, 0.717) is 46.4 Å². The Morgan fingerprint density at radius 1 is 1.16 bits per heavy atom. The van der Waals surface area contributed by atoms with Crippen molar-refractivity contribution in [3.63, 3.8) is 0 Å². The number of likely N-dealkylation sites (tertiary alicyclic amines) is 1. The van der Waals surface area contributed by atoms with E-state index in [4.69, 9.17) is 16.3 Å². The largest absolute Gasteiger partial charge is 0.378 e. The molecule has 2 saturated carbocycles. The van der Waals surface area contributed by atoms with E-state index in [9.17, 15) is 15.3 Å². The number of ether oxygens (including phenoxy) is 1. The molecule has 1 aromatic carbocycles. The van der Waals surface area contributed by atoms with Gasteiger partial charge in [0.25, 0.3) is 0 Å². The molecule has 0 bridgehead atoms. The van der Waals surface area contributed by atoms with Crippen LogP contribution in [0, 0.1) is 28.6 Å². The Kier molecular flexibility index (Phi) is 7.17. The minimum atomic E-state index is 0.0387. The molecule has 0 spiro atoms. The van der Waals surface area contributed by atoms with Gasteiger partial charge in [0.1, 0.15) is 6.07 Å². The lowest BCUT2D eigenvalue weighted by molar-refractivity contribution is -0.141. The molecule has 0 radical (unpaired) electrons. The number of hydrogen-bond acceptors (Lipinski definition) is 11. The average Bonchev–Trinajstić information content (AvgIpc) is 3.92. The van der Waals surface area contributed by atoms with Crippen LogP contribution in [0.1, 0.15) is 37.4 Å². The number of hydrogen-bond donors (Lipinski definition) is 2. The Hall–Kier alpha value is -4.17. The summed E-state index contributed by atoms with van der Waals surface area (Å²) in [6, 6.07) is 8.52. The smallest absolute Gasteiger partial charge is 0.247 e. The summed E-state index contributed by atoms with van der Waals surface area (Å²) in [4.78, 5) is 28.2. The maximum absolute atomic E-state index is 12.7. The van der Waals surface area contributed by atoms with Crippen LogP contribution >= 0.6 is 11.6 Å². The van der Waals surface area contributed by atoms with Crippen molar-refractivity contribution in [2.45, 2.75) is 44.4 Å². The Morgan fingerprint density at radius 3 is 2.65 bits per heavy atom. The minimum Gasteiger partial charge on any atom is -0.378 e. The van der Waals surface area contributed by atoms with Gasteiger partial charge >= 0.3 is 0 Å². The van der Waals surface area contributed by atoms with Gasteiger partial charge in [-0.25, -0.2) is 4.98 Å². The van der Waals surface area contributed by atoms with Crippen LogP contribution in [0.15, 0.2) is 18.3 Å². The first-order valence-corrected chi connectivity index (χ1v) is 15.2. The van der Waals surface area contributed by atoms with Crippen LogP contribution in [-0.4, -0.2) is 99.4 Å². The van der Waals surface area contributed by atoms with Crippen LogP contribution < -0.4 is 15.5 Å². The van der Waals surface area contributed by atoms with Gasteiger partial charge in [-0.3, -0.25) is 9.69 Å². The van der Waals surface area contributed by atoms with Gasteiger partial charge in [-0.2, -0.15) is 20.0 Å². The molecule has 2 aliphatic carbocycles. The Labute approximate surface area is 254 Å². The van der Waals surface area contributed by atoms with Crippen LogP contribution in [0.5, 0.6) is 0 Å². The summed E-state index contributed by atoms with van der Waals surface area (Å²) >= 11 is 6.95. The lowest BCUT2D eigenvalue weighted by Crippen LogP contribution is -2.64. The zero-order valence-electron chi connectivity index (χ0n) is 23.8. The number of carbonyl (C=O) groups excluding carboxylic acids is 1. The predicted octanol–water partition coefficient (Wildman–Crippen LogP) is 2.60. The van der Waals surface area contributed by atoms with Gasteiger partial charge in [-0.15, -0.1) is 5.10 Å². The van der Waals surface area contributed by atoms with E-state index in [0.717, 1.165) is 64.2 Å². The van der Waals surface area contributed by atoms with Crippen LogP contribution in [0.3, 0.4) is 0 Å².